The van der Waals surface area contributed by atoms with Crippen molar-refractivity contribution in [3.8, 4) is 5.75 Å². The zero-order chi connectivity index (χ0) is 29.1. The molecule has 2 aromatic rings. The summed E-state index contributed by atoms with van der Waals surface area (Å²) in [5.74, 6) is -0.740. The molecule has 0 fully saturated rings. The molecule has 0 N–H and O–H groups in total. The summed E-state index contributed by atoms with van der Waals surface area (Å²) >= 11 is 1.64. The second kappa shape index (κ2) is 15.4. The lowest BCUT2D eigenvalue weighted by atomic mass is 9.91. The average Bonchev–Trinajstić information content (AvgIpc) is 3.46. The SMILES string of the molecule is CCC(CC)(CC/C=C(\C)c1csc(COc2ccc(C(=O)OC)c(C(=O)OC)c2)c1)O[Si](CC)(CC)CC. The average molecular weight is 575 g/mol. The van der Waals surface area contributed by atoms with E-state index in [0.29, 0.717) is 12.4 Å². The maximum absolute atomic E-state index is 12.2. The van der Waals surface area contributed by atoms with Gasteiger partial charge >= 0.3 is 11.9 Å². The van der Waals surface area contributed by atoms with Gasteiger partial charge in [0.25, 0.3) is 0 Å². The molecule has 6 nitrogen and oxygen atoms in total. The van der Waals surface area contributed by atoms with Crippen molar-refractivity contribution in [1.29, 1.82) is 0 Å². The van der Waals surface area contributed by atoms with Gasteiger partial charge in [0.2, 0.25) is 0 Å². The topological polar surface area (TPSA) is 71.1 Å². The summed E-state index contributed by atoms with van der Waals surface area (Å²) in [4.78, 5) is 25.2. The molecule has 216 valence electrons. The van der Waals surface area contributed by atoms with E-state index in [1.54, 1.807) is 17.4 Å². The van der Waals surface area contributed by atoms with Gasteiger partial charge in [0.15, 0.2) is 8.32 Å². The van der Waals surface area contributed by atoms with Crippen LogP contribution in [0.4, 0.5) is 0 Å². The second-order valence-electron chi connectivity index (χ2n) is 9.94. The standard InChI is InChI=1S/C31H46O6SSi/c1-9-31(10-2,37-39(11-3,12-4)13-5)18-14-15-23(6)24-19-26(38-22-24)21-36-25-16-17-27(29(32)34-7)28(20-25)30(33)35-8/h15-17,19-20,22H,9-14,18,21H2,1-8H3/b23-15+. The molecule has 8 heteroatoms. The van der Waals surface area contributed by atoms with Crippen LogP contribution in [0.15, 0.2) is 35.7 Å². The highest BCUT2D eigenvalue weighted by Crippen LogP contribution is 2.36. The molecule has 2 rings (SSSR count). The van der Waals surface area contributed by atoms with E-state index in [1.807, 2.05) is 0 Å². The molecule has 0 aliphatic heterocycles. The van der Waals surface area contributed by atoms with E-state index in [4.69, 9.17) is 18.6 Å². The predicted octanol–water partition coefficient (Wildman–Crippen LogP) is 8.66. The Bertz CT molecular complexity index is 1110. The third kappa shape index (κ3) is 8.53. The van der Waals surface area contributed by atoms with Crippen LogP contribution in [-0.2, 0) is 20.5 Å². The van der Waals surface area contributed by atoms with Gasteiger partial charge in [-0.25, -0.2) is 9.59 Å². The van der Waals surface area contributed by atoms with Gasteiger partial charge in [-0.1, -0.05) is 40.7 Å². The molecule has 0 saturated carbocycles. The number of methoxy groups -OCH3 is 2. The fourth-order valence-corrected chi connectivity index (χ4v) is 8.99. The first-order chi connectivity index (χ1) is 18.7. The van der Waals surface area contributed by atoms with Gasteiger partial charge in [-0.15, -0.1) is 11.3 Å². The lowest BCUT2D eigenvalue weighted by Crippen LogP contribution is -2.46. The highest BCUT2D eigenvalue weighted by molar-refractivity contribution is 7.10. The minimum atomic E-state index is -1.67. The number of rotatable bonds is 16. The van der Waals surface area contributed by atoms with Gasteiger partial charge in [0, 0.05) is 4.88 Å². The third-order valence-corrected chi connectivity index (χ3v) is 13.6. The summed E-state index contributed by atoms with van der Waals surface area (Å²) in [5, 5.41) is 2.15. The summed E-state index contributed by atoms with van der Waals surface area (Å²) in [5.41, 5.74) is 2.66. The Labute approximate surface area is 239 Å². The molecule has 0 radical (unpaired) electrons. The molecule has 0 spiro atoms. The van der Waals surface area contributed by atoms with Crippen LogP contribution in [0.5, 0.6) is 5.75 Å². The van der Waals surface area contributed by atoms with Crippen molar-refractivity contribution in [3.63, 3.8) is 0 Å². The molecule has 0 saturated heterocycles. The normalized spacial score (nSPS) is 12.4. The highest BCUT2D eigenvalue weighted by atomic mass is 32.1. The van der Waals surface area contributed by atoms with Crippen molar-refractivity contribution in [1.82, 2.24) is 0 Å². The monoisotopic (exact) mass is 574 g/mol. The molecule has 1 aromatic carbocycles. The molecule has 0 unspecified atom stereocenters. The van der Waals surface area contributed by atoms with Gasteiger partial charge in [-0.2, -0.15) is 0 Å². The predicted molar refractivity (Wildman–Crippen MR) is 162 cm³/mol. The summed E-state index contributed by atoms with van der Waals surface area (Å²) in [6.07, 6.45) is 6.44. The quantitative estimate of drug-likeness (QED) is 0.148. The van der Waals surface area contributed by atoms with E-state index in [0.717, 1.165) is 30.6 Å². The van der Waals surface area contributed by atoms with Crippen molar-refractivity contribution in [2.45, 2.75) is 97.6 Å². The number of carbonyl (C=O) groups is 2. The molecule has 0 bridgehead atoms. The van der Waals surface area contributed by atoms with Crippen LogP contribution < -0.4 is 4.74 Å². The maximum Gasteiger partial charge on any atom is 0.338 e. The molecule has 0 amide bonds. The first kappa shape index (κ1) is 32.8. The van der Waals surface area contributed by atoms with Gasteiger partial charge in [0.05, 0.1) is 30.9 Å². The number of allylic oxidation sites excluding steroid dienone is 2. The Hall–Kier alpha value is -2.42. The van der Waals surface area contributed by atoms with Crippen molar-refractivity contribution in [2.75, 3.05) is 14.2 Å². The zero-order valence-corrected chi connectivity index (χ0v) is 26.8. The summed E-state index contributed by atoms with van der Waals surface area (Å²) in [6.45, 7) is 13.9. The van der Waals surface area contributed by atoms with Gasteiger partial charge < -0.3 is 18.6 Å². The molecular formula is C31H46O6SSi. The van der Waals surface area contributed by atoms with Crippen molar-refractivity contribution < 1.29 is 28.2 Å². The largest absolute Gasteiger partial charge is 0.488 e. The first-order valence-electron chi connectivity index (χ1n) is 14.0. The van der Waals surface area contributed by atoms with Crippen LogP contribution in [0.2, 0.25) is 18.1 Å². The molecule has 1 aromatic heterocycles. The Morgan fingerprint density at radius 1 is 0.923 bits per heavy atom. The van der Waals surface area contributed by atoms with E-state index in [1.165, 1.54) is 55.6 Å². The summed E-state index contributed by atoms with van der Waals surface area (Å²) in [6, 6.07) is 10.4. The fraction of sp³-hybridized carbons (Fsp3) is 0.548. The second-order valence-corrected chi connectivity index (χ2v) is 15.6. The zero-order valence-electron chi connectivity index (χ0n) is 25.0. The molecule has 0 aliphatic carbocycles. The first-order valence-corrected chi connectivity index (χ1v) is 17.4. The van der Waals surface area contributed by atoms with Crippen LogP contribution >= 0.6 is 11.3 Å². The lowest BCUT2D eigenvalue weighted by molar-refractivity contribution is 0.0397. The van der Waals surface area contributed by atoms with Crippen molar-refractivity contribution in [2.24, 2.45) is 0 Å². The number of hydrogen-bond acceptors (Lipinski definition) is 7. The van der Waals surface area contributed by atoms with Crippen molar-refractivity contribution >= 4 is 37.2 Å². The van der Waals surface area contributed by atoms with E-state index in [9.17, 15) is 9.59 Å². The molecule has 1 heterocycles. The summed E-state index contributed by atoms with van der Waals surface area (Å²) < 4.78 is 22.6. The number of esters is 2. The van der Waals surface area contributed by atoms with Gasteiger partial charge in [0.1, 0.15) is 12.4 Å². The van der Waals surface area contributed by atoms with Crippen LogP contribution in [0, 0.1) is 0 Å². The Kier molecular flexibility index (Phi) is 12.9. The molecule has 39 heavy (non-hydrogen) atoms. The third-order valence-electron chi connectivity index (χ3n) is 8.00. The number of carbonyl (C=O) groups excluding carboxylic acids is 2. The number of hydrogen-bond donors (Lipinski definition) is 0. The van der Waals surface area contributed by atoms with E-state index < -0.39 is 20.3 Å². The highest BCUT2D eigenvalue weighted by Gasteiger charge is 2.38. The van der Waals surface area contributed by atoms with Crippen LogP contribution in [-0.4, -0.2) is 40.1 Å². The summed E-state index contributed by atoms with van der Waals surface area (Å²) in [7, 11) is 0.869. The van der Waals surface area contributed by atoms with Gasteiger partial charge in [-0.05, 0) is 91.5 Å². The number of ether oxygens (including phenoxy) is 3. The van der Waals surface area contributed by atoms with Crippen LogP contribution in [0.1, 0.15) is 98.4 Å². The smallest absolute Gasteiger partial charge is 0.338 e. The van der Waals surface area contributed by atoms with E-state index >= 15 is 0 Å². The lowest BCUT2D eigenvalue weighted by Gasteiger charge is -2.42. The number of thiophene rings is 1. The van der Waals surface area contributed by atoms with Gasteiger partial charge in [-0.3, -0.25) is 0 Å². The van der Waals surface area contributed by atoms with Crippen LogP contribution in [0.3, 0.4) is 0 Å². The Morgan fingerprint density at radius 3 is 2.10 bits per heavy atom. The Morgan fingerprint density at radius 2 is 1.54 bits per heavy atom. The minimum Gasteiger partial charge on any atom is -0.488 e. The van der Waals surface area contributed by atoms with Crippen molar-refractivity contribution in [3.05, 3.63) is 57.3 Å². The van der Waals surface area contributed by atoms with Crippen LogP contribution in [0.25, 0.3) is 5.57 Å². The molecular weight excluding hydrogens is 528 g/mol. The molecule has 0 aliphatic rings. The minimum absolute atomic E-state index is 0.0366. The maximum atomic E-state index is 12.2. The molecule has 0 atom stereocenters. The van der Waals surface area contributed by atoms with E-state index in [-0.39, 0.29) is 16.7 Å². The fourth-order valence-electron chi connectivity index (χ4n) is 4.89. The van der Waals surface area contributed by atoms with E-state index in [2.05, 4.69) is 59.1 Å². The Balaban J connectivity index is 2.07. The number of benzene rings is 1.